The maximum atomic E-state index is 12.8. The van der Waals surface area contributed by atoms with Crippen molar-refractivity contribution in [3.8, 4) is 11.1 Å². The van der Waals surface area contributed by atoms with E-state index in [0.29, 0.717) is 12.1 Å². The number of aromatic nitrogens is 2. The lowest BCUT2D eigenvalue weighted by atomic mass is 10.0. The maximum absolute atomic E-state index is 12.8. The minimum absolute atomic E-state index is 0.0324. The van der Waals surface area contributed by atoms with E-state index in [2.05, 4.69) is 4.98 Å². The lowest BCUT2D eigenvalue weighted by molar-refractivity contribution is -0.137. The summed E-state index contributed by atoms with van der Waals surface area (Å²) in [5.41, 5.74) is 7.71. The van der Waals surface area contributed by atoms with Crippen LogP contribution in [0.3, 0.4) is 0 Å². The number of aliphatic hydroxyl groups excluding tert-OH is 2. The Kier molecular flexibility index (Phi) is 5.92. The molecule has 0 aliphatic rings. The van der Waals surface area contributed by atoms with Gasteiger partial charge in [0.1, 0.15) is 11.8 Å². The molecule has 0 saturated heterocycles. The molecule has 0 bridgehead atoms. The molecule has 4 rings (SSSR count). The van der Waals surface area contributed by atoms with E-state index in [0.717, 1.165) is 34.2 Å². The fourth-order valence-electron chi connectivity index (χ4n) is 3.62. The zero-order valence-electron chi connectivity index (χ0n) is 17.3. The van der Waals surface area contributed by atoms with Crippen molar-refractivity contribution >= 4 is 16.8 Å². The summed E-state index contributed by atoms with van der Waals surface area (Å²) in [5, 5.41) is 20.1. The van der Waals surface area contributed by atoms with Gasteiger partial charge in [0.25, 0.3) is 5.91 Å². The van der Waals surface area contributed by atoms with Crippen molar-refractivity contribution in [2.75, 3.05) is 6.61 Å². The predicted molar refractivity (Wildman–Crippen MR) is 116 cm³/mol. The number of alkyl halides is 3. The van der Waals surface area contributed by atoms with Crippen molar-refractivity contribution in [3.05, 3.63) is 89.4 Å². The second kappa shape index (κ2) is 8.68. The summed E-state index contributed by atoms with van der Waals surface area (Å²) in [4.78, 5) is 15.7. The topological polar surface area (TPSA) is 101 Å². The molecule has 2 aromatic heterocycles. The van der Waals surface area contributed by atoms with E-state index in [1.54, 1.807) is 6.07 Å². The SMILES string of the molecule is NC(=O)c1cc(-c2ccc3c(ccn3Cc3ccc(C(F)(F)F)cc3)c2)cc(C(O)CO)n1. The van der Waals surface area contributed by atoms with E-state index < -0.39 is 30.4 Å². The quantitative estimate of drug-likeness (QED) is 0.411. The Morgan fingerprint density at radius 1 is 1.03 bits per heavy atom. The number of primary amides is 1. The zero-order chi connectivity index (χ0) is 23.8. The maximum Gasteiger partial charge on any atom is 0.416 e. The molecular formula is C24H20F3N3O3. The van der Waals surface area contributed by atoms with Crippen molar-refractivity contribution in [3.63, 3.8) is 0 Å². The highest BCUT2D eigenvalue weighted by Gasteiger charge is 2.29. The molecule has 1 amide bonds. The van der Waals surface area contributed by atoms with Crippen LogP contribution in [-0.2, 0) is 12.7 Å². The van der Waals surface area contributed by atoms with Gasteiger partial charge in [0, 0.05) is 23.6 Å². The molecule has 0 fully saturated rings. The van der Waals surface area contributed by atoms with Gasteiger partial charge in [0.05, 0.1) is 17.9 Å². The Labute approximate surface area is 186 Å². The van der Waals surface area contributed by atoms with Gasteiger partial charge < -0.3 is 20.5 Å². The zero-order valence-corrected chi connectivity index (χ0v) is 17.3. The number of hydrogen-bond acceptors (Lipinski definition) is 4. The van der Waals surface area contributed by atoms with Gasteiger partial charge in [0.15, 0.2) is 0 Å². The Bertz CT molecular complexity index is 1310. The molecule has 0 aliphatic carbocycles. The highest BCUT2D eigenvalue weighted by atomic mass is 19.4. The van der Waals surface area contributed by atoms with E-state index in [-0.39, 0.29) is 11.4 Å². The summed E-state index contributed by atoms with van der Waals surface area (Å²) in [5.74, 6) is -0.757. The van der Waals surface area contributed by atoms with E-state index in [4.69, 9.17) is 5.73 Å². The minimum Gasteiger partial charge on any atom is -0.393 e. The van der Waals surface area contributed by atoms with Crippen LogP contribution in [0.4, 0.5) is 13.2 Å². The monoisotopic (exact) mass is 455 g/mol. The van der Waals surface area contributed by atoms with Crippen LogP contribution in [0.15, 0.2) is 66.9 Å². The molecule has 33 heavy (non-hydrogen) atoms. The summed E-state index contributed by atoms with van der Waals surface area (Å²) in [6, 6.07) is 15.6. The molecule has 0 radical (unpaired) electrons. The molecule has 0 saturated carbocycles. The third kappa shape index (κ3) is 4.74. The number of nitrogens with zero attached hydrogens (tertiary/aromatic N) is 2. The fourth-order valence-corrected chi connectivity index (χ4v) is 3.62. The predicted octanol–water partition coefficient (Wildman–Crippen LogP) is 3.90. The lowest BCUT2D eigenvalue weighted by Crippen LogP contribution is -2.16. The van der Waals surface area contributed by atoms with Crippen molar-refractivity contribution in [2.24, 2.45) is 5.73 Å². The van der Waals surface area contributed by atoms with Crippen LogP contribution in [0.2, 0.25) is 0 Å². The molecule has 170 valence electrons. The number of amides is 1. The third-order valence-electron chi connectivity index (χ3n) is 5.35. The van der Waals surface area contributed by atoms with Gasteiger partial charge in [-0.1, -0.05) is 18.2 Å². The number of carbonyl (C=O) groups is 1. The summed E-state index contributed by atoms with van der Waals surface area (Å²) in [6.07, 6.45) is -3.78. The molecule has 0 aliphatic heterocycles. The van der Waals surface area contributed by atoms with Crippen molar-refractivity contribution in [1.29, 1.82) is 0 Å². The second-order valence-corrected chi connectivity index (χ2v) is 7.64. The average molecular weight is 455 g/mol. The van der Waals surface area contributed by atoms with Gasteiger partial charge >= 0.3 is 6.18 Å². The Morgan fingerprint density at radius 2 is 1.76 bits per heavy atom. The van der Waals surface area contributed by atoms with Crippen LogP contribution in [0, 0.1) is 0 Å². The van der Waals surface area contributed by atoms with E-state index >= 15 is 0 Å². The standard InChI is InChI=1S/C24H20F3N3O3/c25-24(26,27)18-4-1-14(2-5-18)12-30-8-7-16-9-15(3-6-21(16)30)17-10-19(22(32)13-31)29-20(11-17)23(28)33/h1-11,22,31-32H,12-13H2,(H2,28,33). The normalized spacial score (nSPS) is 12.8. The van der Waals surface area contributed by atoms with Crippen molar-refractivity contribution in [1.82, 2.24) is 9.55 Å². The van der Waals surface area contributed by atoms with Gasteiger partial charge in [-0.3, -0.25) is 4.79 Å². The minimum atomic E-state index is -4.37. The molecule has 6 nitrogen and oxygen atoms in total. The summed E-state index contributed by atoms with van der Waals surface area (Å²) < 4.78 is 40.3. The molecule has 0 spiro atoms. The number of pyridine rings is 1. The van der Waals surface area contributed by atoms with Crippen LogP contribution in [0.5, 0.6) is 0 Å². The van der Waals surface area contributed by atoms with Gasteiger partial charge in [-0.05, 0) is 59.2 Å². The highest BCUT2D eigenvalue weighted by molar-refractivity contribution is 5.93. The molecule has 2 aromatic carbocycles. The summed E-state index contributed by atoms with van der Waals surface area (Å²) in [7, 11) is 0. The number of rotatable bonds is 6. The van der Waals surface area contributed by atoms with Crippen molar-refractivity contribution in [2.45, 2.75) is 18.8 Å². The first-order valence-electron chi connectivity index (χ1n) is 10.0. The fraction of sp³-hybridized carbons (Fsp3) is 0.167. The van der Waals surface area contributed by atoms with Crippen LogP contribution >= 0.6 is 0 Å². The number of fused-ring (bicyclic) bond motifs is 1. The van der Waals surface area contributed by atoms with Crippen molar-refractivity contribution < 1.29 is 28.2 Å². The van der Waals surface area contributed by atoms with Crippen LogP contribution in [0.1, 0.15) is 33.4 Å². The number of halogens is 3. The number of nitrogens with two attached hydrogens (primary N) is 1. The number of carbonyl (C=O) groups excluding carboxylic acids is 1. The number of hydrogen-bond donors (Lipinski definition) is 3. The first kappa shape index (κ1) is 22.5. The smallest absolute Gasteiger partial charge is 0.393 e. The molecule has 1 unspecified atom stereocenters. The van der Waals surface area contributed by atoms with Crippen LogP contribution in [-0.4, -0.2) is 32.3 Å². The van der Waals surface area contributed by atoms with Crippen LogP contribution < -0.4 is 5.73 Å². The summed E-state index contributed by atoms with van der Waals surface area (Å²) >= 11 is 0. The molecule has 9 heteroatoms. The van der Waals surface area contributed by atoms with Crippen LogP contribution in [0.25, 0.3) is 22.0 Å². The Hall–Kier alpha value is -3.69. The number of aliphatic hydroxyl groups is 2. The molecule has 2 heterocycles. The molecule has 1 atom stereocenters. The number of benzene rings is 2. The van der Waals surface area contributed by atoms with E-state index in [9.17, 15) is 28.2 Å². The van der Waals surface area contributed by atoms with Gasteiger partial charge in [0.2, 0.25) is 0 Å². The van der Waals surface area contributed by atoms with E-state index in [1.165, 1.54) is 18.2 Å². The first-order chi connectivity index (χ1) is 15.7. The Balaban J connectivity index is 1.66. The Morgan fingerprint density at radius 3 is 2.39 bits per heavy atom. The summed E-state index contributed by atoms with van der Waals surface area (Å²) in [6.45, 7) is -0.157. The molecule has 4 N–H and O–H groups in total. The van der Waals surface area contributed by atoms with E-state index in [1.807, 2.05) is 35.0 Å². The van der Waals surface area contributed by atoms with Gasteiger partial charge in [-0.15, -0.1) is 0 Å². The largest absolute Gasteiger partial charge is 0.416 e. The highest BCUT2D eigenvalue weighted by Crippen LogP contribution is 2.30. The third-order valence-corrected chi connectivity index (χ3v) is 5.35. The average Bonchev–Trinajstić information content (AvgIpc) is 3.19. The van der Waals surface area contributed by atoms with Gasteiger partial charge in [-0.25, -0.2) is 4.98 Å². The second-order valence-electron chi connectivity index (χ2n) is 7.64. The molecule has 4 aromatic rings. The lowest BCUT2D eigenvalue weighted by Gasteiger charge is -2.12. The first-order valence-corrected chi connectivity index (χ1v) is 10.0. The molecular weight excluding hydrogens is 435 g/mol. The van der Waals surface area contributed by atoms with Gasteiger partial charge in [-0.2, -0.15) is 13.2 Å².